The fourth-order valence-corrected chi connectivity index (χ4v) is 4.98. The molecule has 5 rings (SSSR count). The van der Waals surface area contributed by atoms with Crippen molar-refractivity contribution in [2.24, 2.45) is 0 Å². The first kappa shape index (κ1) is 18.7. The summed E-state index contributed by atoms with van der Waals surface area (Å²) in [7, 11) is 0. The minimum atomic E-state index is -0.280. The van der Waals surface area contributed by atoms with Crippen molar-refractivity contribution in [1.29, 1.82) is 0 Å². The molecule has 1 aromatic carbocycles. The van der Waals surface area contributed by atoms with Crippen molar-refractivity contribution in [3.8, 4) is 11.6 Å². The van der Waals surface area contributed by atoms with Gasteiger partial charge in [0.1, 0.15) is 11.3 Å². The van der Waals surface area contributed by atoms with Crippen molar-refractivity contribution in [3.63, 3.8) is 0 Å². The standard InChI is InChI=1S/C24H26N4O2/c1-3-12-28-19-6-4-11-25-22(19)27-13-5-7-21(27)24(28)10-14-26(16-24)23(30)18-9-8-17(2)20(29)15-18/h4-9,11,13,15,29H,3,10,12,14,16H2,1-2H3/t24-/m0/s1. The molecule has 1 fully saturated rings. The topological polar surface area (TPSA) is 61.6 Å². The summed E-state index contributed by atoms with van der Waals surface area (Å²) >= 11 is 0. The molecule has 2 aliphatic rings. The van der Waals surface area contributed by atoms with Crippen LogP contribution in [0.3, 0.4) is 0 Å². The van der Waals surface area contributed by atoms with Crippen LogP contribution in [-0.2, 0) is 5.54 Å². The Bertz CT molecular complexity index is 1120. The fourth-order valence-electron chi connectivity index (χ4n) is 4.98. The molecule has 6 heteroatoms. The van der Waals surface area contributed by atoms with Crippen LogP contribution < -0.4 is 4.90 Å². The van der Waals surface area contributed by atoms with E-state index < -0.39 is 0 Å². The lowest BCUT2D eigenvalue weighted by Crippen LogP contribution is -2.53. The van der Waals surface area contributed by atoms with Gasteiger partial charge in [0.05, 0.1) is 11.4 Å². The Kier molecular flexibility index (Phi) is 4.31. The van der Waals surface area contributed by atoms with Gasteiger partial charge in [0, 0.05) is 37.6 Å². The third-order valence-corrected chi connectivity index (χ3v) is 6.47. The molecule has 0 unspecified atom stereocenters. The minimum Gasteiger partial charge on any atom is -0.508 e. The van der Waals surface area contributed by atoms with Gasteiger partial charge in [0.2, 0.25) is 0 Å². The lowest BCUT2D eigenvalue weighted by molar-refractivity contribution is 0.0781. The van der Waals surface area contributed by atoms with E-state index in [9.17, 15) is 9.90 Å². The van der Waals surface area contributed by atoms with Gasteiger partial charge < -0.3 is 19.5 Å². The zero-order chi connectivity index (χ0) is 20.9. The molecular weight excluding hydrogens is 376 g/mol. The number of rotatable bonds is 3. The molecule has 6 nitrogen and oxygen atoms in total. The minimum absolute atomic E-state index is 0.0336. The number of nitrogens with zero attached hydrogens (tertiary/aromatic N) is 4. The first-order valence-corrected chi connectivity index (χ1v) is 10.5. The molecule has 30 heavy (non-hydrogen) atoms. The maximum absolute atomic E-state index is 13.3. The largest absolute Gasteiger partial charge is 0.508 e. The number of aromatic nitrogens is 2. The second-order valence-corrected chi connectivity index (χ2v) is 8.27. The number of hydrogen-bond acceptors (Lipinski definition) is 4. The smallest absolute Gasteiger partial charge is 0.254 e. The molecule has 0 aliphatic carbocycles. The highest BCUT2D eigenvalue weighted by Gasteiger charge is 2.50. The van der Waals surface area contributed by atoms with Crippen LogP contribution in [0.4, 0.5) is 5.69 Å². The molecule has 1 atom stereocenters. The van der Waals surface area contributed by atoms with Crippen LogP contribution in [0.2, 0.25) is 0 Å². The monoisotopic (exact) mass is 402 g/mol. The number of phenolic OH excluding ortho intramolecular Hbond substituents is 1. The van der Waals surface area contributed by atoms with Crippen molar-refractivity contribution in [2.75, 3.05) is 24.5 Å². The highest BCUT2D eigenvalue weighted by Crippen LogP contribution is 2.47. The van der Waals surface area contributed by atoms with E-state index >= 15 is 0 Å². The van der Waals surface area contributed by atoms with Gasteiger partial charge in [-0.1, -0.05) is 13.0 Å². The Labute approximate surface area is 176 Å². The summed E-state index contributed by atoms with van der Waals surface area (Å²) in [5, 5.41) is 10.1. The van der Waals surface area contributed by atoms with Crippen LogP contribution in [0.25, 0.3) is 5.82 Å². The van der Waals surface area contributed by atoms with Crippen molar-refractivity contribution in [1.82, 2.24) is 14.5 Å². The molecule has 2 aliphatic heterocycles. The van der Waals surface area contributed by atoms with Gasteiger partial charge in [-0.05, 0) is 61.7 Å². The summed E-state index contributed by atoms with van der Waals surface area (Å²) in [6.07, 6.45) is 5.76. The van der Waals surface area contributed by atoms with Gasteiger partial charge in [-0.3, -0.25) is 4.79 Å². The van der Waals surface area contributed by atoms with Crippen molar-refractivity contribution in [3.05, 3.63) is 71.7 Å². The first-order valence-electron chi connectivity index (χ1n) is 10.5. The van der Waals surface area contributed by atoms with Crippen LogP contribution in [0.5, 0.6) is 5.75 Å². The van der Waals surface area contributed by atoms with E-state index in [4.69, 9.17) is 0 Å². The van der Waals surface area contributed by atoms with Crippen molar-refractivity contribution < 1.29 is 9.90 Å². The Morgan fingerprint density at radius 2 is 2.10 bits per heavy atom. The quantitative estimate of drug-likeness (QED) is 0.723. The summed E-state index contributed by atoms with van der Waals surface area (Å²) in [6, 6.07) is 13.5. The van der Waals surface area contributed by atoms with Crippen molar-refractivity contribution in [2.45, 2.75) is 32.2 Å². The Morgan fingerprint density at radius 1 is 1.23 bits per heavy atom. The third-order valence-electron chi connectivity index (χ3n) is 6.47. The van der Waals surface area contributed by atoms with Crippen LogP contribution in [0.15, 0.2) is 54.9 Å². The molecule has 1 saturated heterocycles. The van der Waals surface area contributed by atoms with E-state index in [0.29, 0.717) is 18.7 Å². The highest BCUT2D eigenvalue weighted by molar-refractivity contribution is 5.95. The van der Waals surface area contributed by atoms with Crippen molar-refractivity contribution >= 4 is 11.6 Å². The van der Waals surface area contributed by atoms with Gasteiger partial charge in [0.25, 0.3) is 5.91 Å². The normalized spacial score (nSPS) is 19.8. The Morgan fingerprint density at radius 3 is 2.90 bits per heavy atom. The van der Waals surface area contributed by atoms with Gasteiger partial charge >= 0.3 is 0 Å². The average Bonchev–Trinajstić information content (AvgIpc) is 3.41. The number of carbonyl (C=O) groups is 1. The number of likely N-dealkylation sites (tertiary alicyclic amines) is 1. The number of hydrogen-bond donors (Lipinski definition) is 1. The summed E-state index contributed by atoms with van der Waals surface area (Å²) in [6.45, 7) is 6.20. The van der Waals surface area contributed by atoms with E-state index in [0.717, 1.165) is 36.5 Å². The van der Waals surface area contributed by atoms with Gasteiger partial charge in [0.15, 0.2) is 5.82 Å². The predicted octanol–water partition coefficient (Wildman–Crippen LogP) is 3.86. The lowest BCUT2D eigenvalue weighted by atomic mass is 9.88. The second kappa shape index (κ2) is 6.90. The molecule has 0 saturated carbocycles. The molecule has 1 N–H and O–H groups in total. The maximum atomic E-state index is 13.3. The Hall–Kier alpha value is -3.28. The summed E-state index contributed by atoms with van der Waals surface area (Å²) in [5.41, 5.74) is 3.32. The second-order valence-electron chi connectivity index (χ2n) is 8.27. The van der Waals surface area contributed by atoms with Gasteiger partial charge in [-0.2, -0.15) is 0 Å². The predicted molar refractivity (Wildman–Crippen MR) is 116 cm³/mol. The first-order chi connectivity index (χ1) is 14.5. The van der Waals surface area contributed by atoms with E-state index in [1.807, 2.05) is 24.1 Å². The van der Waals surface area contributed by atoms with Crippen LogP contribution in [0.1, 0.15) is 41.4 Å². The number of benzene rings is 1. The van der Waals surface area contributed by atoms with Gasteiger partial charge in [-0.25, -0.2) is 4.98 Å². The Balaban J connectivity index is 1.55. The number of aromatic hydroxyl groups is 1. The van der Waals surface area contributed by atoms with Crippen LogP contribution >= 0.6 is 0 Å². The van der Waals surface area contributed by atoms with E-state index in [1.54, 1.807) is 18.2 Å². The lowest BCUT2D eigenvalue weighted by Gasteiger charge is -2.47. The molecule has 1 amide bonds. The molecule has 3 aromatic rings. The summed E-state index contributed by atoms with van der Waals surface area (Å²) < 4.78 is 2.17. The van der Waals surface area contributed by atoms with E-state index in [2.05, 4.69) is 45.8 Å². The number of fused-ring (bicyclic) bond motifs is 4. The summed E-state index contributed by atoms with van der Waals surface area (Å²) in [5.74, 6) is 1.08. The highest BCUT2D eigenvalue weighted by atomic mass is 16.3. The molecule has 4 heterocycles. The van der Waals surface area contributed by atoms with Gasteiger partial charge in [-0.15, -0.1) is 0 Å². The molecule has 0 bridgehead atoms. The SMILES string of the molecule is CCCN1c2cccnc2-n2cccc2[C@@]12CCN(C(=O)c1ccc(C)c(O)c1)C2. The molecule has 0 radical (unpaired) electrons. The molecule has 1 spiro atoms. The zero-order valence-corrected chi connectivity index (χ0v) is 17.4. The van der Waals surface area contributed by atoms with E-state index in [1.165, 1.54) is 5.69 Å². The van der Waals surface area contributed by atoms with Crippen LogP contribution in [-0.4, -0.2) is 45.1 Å². The maximum Gasteiger partial charge on any atom is 0.254 e. The number of anilines is 1. The number of amides is 1. The number of phenols is 1. The molecule has 2 aromatic heterocycles. The zero-order valence-electron chi connectivity index (χ0n) is 17.4. The molecule has 154 valence electrons. The molecular formula is C24H26N4O2. The van der Waals surface area contributed by atoms with E-state index in [-0.39, 0.29) is 17.2 Å². The van der Waals surface area contributed by atoms with Crippen LogP contribution in [0, 0.1) is 6.92 Å². The average molecular weight is 402 g/mol. The third kappa shape index (κ3) is 2.63. The number of pyridine rings is 1. The number of carbonyl (C=O) groups excluding carboxylic acids is 1. The fraction of sp³-hybridized carbons (Fsp3) is 0.333. The number of aryl methyl sites for hydroxylation is 1. The summed E-state index contributed by atoms with van der Waals surface area (Å²) in [4.78, 5) is 22.3.